The van der Waals surface area contributed by atoms with Crippen molar-refractivity contribution in [1.82, 2.24) is 4.90 Å². The van der Waals surface area contributed by atoms with Gasteiger partial charge in [0.15, 0.2) is 0 Å². The molecule has 2 rings (SSSR count). The molecule has 0 spiro atoms. The highest BCUT2D eigenvalue weighted by Crippen LogP contribution is 2.34. The number of carbonyl (C=O) groups excluding carboxylic acids is 2. The van der Waals surface area contributed by atoms with E-state index in [0.717, 1.165) is 12.1 Å². The minimum absolute atomic E-state index is 0.141. The van der Waals surface area contributed by atoms with Crippen molar-refractivity contribution in [3.05, 3.63) is 42.5 Å². The predicted octanol–water partition coefficient (Wildman–Crippen LogP) is 3.09. The number of carbonyl (C=O) groups is 2. The van der Waals surface area contributed by atoms with Crippen molar-refractivity contribution in [2.75, 3.05) is 18.0 Å². The van der Waals surface area contributed by atoms with Crippen molar-refractivity contribution in [2.24, 2.45) is 5.92 Å². The zero-order valence-electron chi connectivity index (χ0n) is 13.3. The number of benzene rings is 1. The van der Waals surface area contributed by atoms with Crippen LogP contribution >= 0.6 is 0 Å². The Bertz CT molecular complexity index is 631. The zero-order chi connectivity index (χ0) is 17.9. The molecule has 1 fully saturated rings. The smallest absolute Gasteiger partial charge is 0.329 e. The van der Waals surface area contributed by atoms with Gasteiger partial charge in [-0.25, -0.2) is 0 Å². The van der Waals surface area contributed by atoms with Gasteiger partial charge in [-0.2, -0.15) is 13.2 Å². The summed E-state index contributed by atoms with van der Waals surface area (Å²) in [6.07, 6.45) is -1.74. The van der Waals surface area contributed by atoms with Crippen LogP contribution in [0.25, 0.3) is 0 Å². The Kier molecular flexibility index (Phi) is 5.31. The zero-order valence-corrected chi connectivity index (χ0v) is 13.3. The summed E-state index contributed by atoms with van der Waals surface area (Å²) in [5.41, 5.74) is -0.608. The lowest BCUT2D eigenvalue weighted by Crippen LogP contribution is -2.43. The summed E-state index contributed by atoms with van der Waals surface area (Å²) in [5.74, 6) is -0.507. The second-order valence-corrected chi connectivity index (χ2v) is 5.70. The SMILES string of the molecule is C=CCN(C=O)C1C(=O)N(c2cccc(C(F)(F)F)c2)CC1CC. The molecular weight excluding hydrogens is 321 g/mol. The van der Waals surface area contributed by atoms with Crippen LogP contribution in [0.5, 0.6) is 0 Å². The van der Waals surface area contributed by atoms with Crippen LogP contribution in [0.3, 0.4) is 0 Å². The van der Waals surface area contributed by atoms with Gasteiger partial charge >= 0.3 is 6.18 Å². The van der Waals surface area contributed by atoms with Gasteiger partial charge in [0.1, 0.15) is 6.04 Å². The molecule has 2 amide bonds. The summed E-state index contributed by atoms with van der Waals surface area (Å²) >= 11 is 0. The molecule has 0 N–H and O–H groups in total. The third kappa shape index (κ3) is 3.44. The van der Waals surface area contributed by atoms with Crippen LogP contribution in [-0.4, -0.2) is 36.3 Å². The van der Waals surface area contributed by atoms with E-state index in [1.165, 1.54) is 28.0 Å². The summed E-state index contributed by atoms with van der Waals surface area (Å²) in [6.45, 7) is 5.94. The summed E-state index contributed by atoms with van der Waals surface area (Å²) in [7, 11) is 0. The molecule has 7 heteroatoms. The molecule has 1 aliphatic heterocycles. The van der Waals surface area contributed by atoms with Crippen molar-refractivity contribution >= 4 is 18.0 Å². The lowest BCUT2D eigenvalue weighted by Gasteiger charge is -2.25. The normalized spacial score (nSPS) is 21.0. The van der Waals surface area contributed by atoms with Crippen LogP contribution in [0.4, 0.5) is 18.9 Å². The largest absolute Gasteiger partial charge is 0.416 e. The van der Waals surface area contributed by atoms with Gasteiger partial charge in [-0.05, 0) is 24.6 Å². The van der Waals surface area contributed by atoms with Crippen molar-refractivity contribution in [3.8, 4) is 0 Å². The average Bonchev–Trinajstić information content (AvgIpc) is 2.88. The summed E-state index contributed by atoms with van der Waals surface area (Å²) in [4.78, 5) is 26.7. The van der Waals surface area contributed by atoms with E-state index in [1.54, 1.807) is 0 Å². The molecule has 1 saturated heterocycles. The van der Waals surface area contributed by atoms with Gasteiger partial charge in [0.25, 0.3) is 0 Å². The fourth-order valence-corrected chi connectivity index (χ4v) is 3.00. The fourth-order valence-electron chi connectivity index (χ4n) is 3.00. The Morgan fingerprint density at radius 1 is 1.42 bits per heavy atom. The number of hydrogen-bond donors (Lipinski definition) is 0. The highest BCUT2D eigenvalue weighted by atomic mass is 19.4. The van der Waals surface area contributed by atoms with Crippen LogP contribution in [0.15, 0.2) is 36.9 Å². The van der Waals surface area contributed by atoms with Crippen LogP contribution in [-0.2, 0) is 15.8 Å². The van der Waals surface area contributed by atoms with Crippen molar-refractivity contribution in [3.63, 3.8) is 0 Å². The predicted molar refractivity (Wildman–Crippen MR) is 84.3 cm³/mol. The molecule has 0 saturated carbocycles. The number of alkyl halides is 3. The molecule has 0 aliphatic carbocycles. The molecule has 2 atom stereocenters. The molecule has 0 bridgehead atoms. The lowest BCUT2D eigenvalue weighted by atomic mass is 9.99. The van der Waals surface area contributed by atoms with Gasteiger partial charge < -0.3 is 9.80 Å². The minimum Gasteiger partial charge on any atom is -0.329 e. The number of halogens is 3. The lowest BCUT2D eigenvalue weighted by molar-refractivity contribution is -0.137. The van der Waals surface area contributed by atoms with Gasteiger partial charge in [-0.1, -0.05) is 19.1 Å². The monoisotopic (exact) mass is 340 g/mol. The number of rotatable bonds is 6. The molecule has 4 nitrogen and oxygen atoms in total. The first-order chi connectivity index (χ1) is 11.3. The molecular formula is C17H19F3N2O2. The van der Waals surface area contributed by atoms with Gasteiger partial charge in [0.2, 0.25) is 12.3 Å². The van der Waals surface area contributed by atoms with Crippen LogP contribution in [0, 0.1) is 5.92 Å². The van der Waals surface area contributed by atoms with Crippen LogP contribution in [0.2, 0.25) is 0 Å². The van der Waals surface area contributed by atoms with Crippen molar-refractivity contribution in [1.29, 1.82) is 0 Å². The topological polar surface area (TPSA) is 40.6 Å². The van der Waals surface area contributed by atoms with E-state index in [0.29, 0.717) is 12.8 Å². The molecule has 130 valence electrons. The number of nitrogens with zero attached hydrogens (tertiary/aromatic N) is 2. The molecule has 1 aromatic carbocycles. The number of hydrogen-bond acceptors (Lipinski definition) is 2. The van der Waals surface area contributed by atoms with E-state index < -0.39 is 17.8 Å². The molecule has 0 aromatic heterocycles. The van der Waals surface area contributed by atoms with E-state index in [9.17, 15) is 22.8 Å². The summed E-state index contributed by atoms with van der Waals surface area (Å²) < 4.78 is 38.7. The van der Waals surface area contributed by atoms with E-state index in [1.807, 2.05) is 6.92 Å². The first kappa shape index (κ1) is 18.0. The van der Waals surface area contributed by atoms with Gasteiger partial charge in [0.05, 0.1) is 5.56 Å². The second kappa shape index (κ2) is 7.07. The van der Waals surface area contributed by atoms with Gasteiger partial charge in [-0.3, -0.25) is 9.59 Å². The van der Waals surface area contributed by atoms with Crippen molar-refractivity contribution < 1.29 is 22.8 Å². The molecule has 0 radical (unpaired) electrons. The Balaban J connectivity index is 2.34. The fraction of sp³-hybridized carbons (Fsp3) is 0.412. The molecule has 1 aromatic rings. The van der Waals surface area contributed by atoms with E-state index >= 15 is 0 Å². The minimum atomic E-state index is -4.47. The third-order valence-corrected chi connectivity index (χ3v) is 4.22. The van der Waals surface area contributed by atoms with E-state index in [2.05, 4.69) is 6.58 Å². The quantitative estimate of drug-likeness (QED) is 0.590. The summed E-state index contributed by atoms with van der Waals surface area (Å²) in [5, 5.41) is 0. The Labute approximate surface area is 138 Å². The molecule has 1 aliphatic rings. The van der Waals surface area contributed by atoms with E-state index in [-0.39, 0.29) is 30.6 Å². The molecule has 24 heavy (non-hydrogen) atoms. The standard InChI is InChI=1S/C17H19F3N2O2/c1-3-8-21(11-23)15-12(4-2)10-22(16(15)24)14-7-5-6-13(9-14)17(18,19)20/h3,5-7,9,11-12,15H,1,4,8,10H2,2H3. The maximum absolute atomic E-state index is 12.9. The van der Waals surface area contributed by atoms with Crippen LogP contribution in [0.1, 0.15) is 18.9 Å². The molecule has 2 unspecified atom stereocenters. The van der Waals surface area contributed by atoms with Crippen LogP contribution < -0.4 is 4.90 Å². The average molecular weight is 340 g/mol. The maximum atomic E-state index is 12.9. The van der Waals surface area contributed by atoms with Crippen molar-refractivity contribution in [2.45, 2.75) is 25.6 Å². The highest BCUT2D eigenvalue weighted by molar-refractivity contribution is 6.00. The first-order valence-corrected chi connectivity index (χ1v) is 7.64. The number of anilines is 1. The Morgan fingerprint density at radius 3 is 2.67 bits per heavy atom. The van der Waals surface area contributed by atoms with E-state index in [4.69, 9.17) is 0 Å². The van der Waals surface area contributed by atoms with Gasteiger partial charge in [0, 0.05) is 24.7 Å². The highest BCUT2D eigenvalue weighted by Gasteiger charge is 2.43. The first-order valence-electron chi connectivity index (χ1n) is 7.64. The maximum Gasteiger partial charge on any atom is 0.416 e. The van der Waals surface area contributed by atoms with Gasteiger partial charge in [-0.15, -0.1) is 6.58 Å². The Hall–Kier alpha value is -2.31. The Morgan fingerprint density at radius 2 is 2.12 bits per heavy atom. The molecule has 1 heterocycles. The second-order valence-electron chi connectivity index (χ2n) is 5.70. The summed E-state index contributed by atoms with van der Waals surface area (Å²) in [6, 6.07) is 4.00. The number of amides is 2. The third-order valence-electron chi connectivity index (χ3n) is 4.22.